The molecule has 4 heteroatoms. The van der Waals surface area contributed by atoms with E-state index in [1.165, 1.54) is 0 Å². The Morgan fingerprint density at radius 2 is 1.95 bits per heavy atom. The van der Waals surface area contributed by atoms with E-state index in [0.717, 1.165) is 16.9 Å². The summed E-state index contributed by atoms with van der Waals surface area (Å²) < 4.78 is 5.77. The summed E-state index contributed by atoms with van der Waals surface area (Å²) in [5, 5.41) is 9.60. The van der Waals surface area contributed by atoms with Crippen LogP contribution in [0.25, 0.3) is 0 Å². The van der Waals surface area contributed by atoms with Gasteiger partial charge in [0, 0.05) is 6.42 Å². The molecule has 1 aliphatic rings. The van der Waals surface area contributed by atoms with Crippen molar-refractivity contribution in [2.45, 2.75) is 39.2 Å². The molecule has 0 atom stereocenters. The zero-order valence-corrected chi connectivity index (χ0v) is 12.5. The smallest absolute Gasteiger partial charge is 0.222 e. The normalized spacial score (nSPS) is 16.7. The summed E-state index contributed by atoms with van der Waals surface area (Å²) >= 11 is 0. The number of benzene rings is 1. The van der Waals surface area contributed by atoms with Crippen LogP contribution in [0.15, 0.2) is 18.2 Å². The van der Waals surface area contributed by atoms with E-state index in [1.54, 1.807) is 11.8 Å². The first-order valence-electron chi connectivity index (χ1n) is 7.08. The number of aliphatic hydroxyl groups is 1. The minimum Gasteiger partial charge on any atom is -0.493 e. The molecular weight excluding hydrogens is 254 g/mol. The highest BCUT2D eigenvalue weighted by Crippen LogP contribution is 2.23. The number of hydrogen-bond donors (Lipinski definition) is 1. The molecule has 2 rings (SSSR count). The van der Waals surface area contributed by atoms with Crippen LogP contribution >= 0.6 is 0 Å². The van der Waals surface area contributed by atoms with E-state index >= 15 is 0 Å². The van der Waals surface area contributed by atoms with Gasteiger partial charge in [0.25, 0.3) is 0 Å². The molecule has 1 fully saturated rings. The molecule has 110 valence electrons. The van der Waals surface area contributed by atoms with Crippen LogP contribution in [0.5, 0.6) is 5.75 Å². The van der Waals surface area contributed by atoms with Gasteiger partial charge in [-0.1, -0.05) is 18.2 Å². The quantitative estimate of drug-likeness (QED) is 0.838. The predicted octanol–water partition coefficient (Wildman–Crippen LogP) is 2.06. The Kier molecular flexibility index (Phi) is 4.33. The van der Waals surface area contributed by atoms with Crippen molar-refractivity contribution in [3.63, 3.8) is 0 Å². The van der Waals surface area contributed by atoms with E-state index in [2.05, 4.69) is 0 Å². The van der Waals surface area contributed by atoms with Crippen LogP contribution in [0.1, 0.15) is 30.9 Å². The summed E-state index contributed by atoms with van der Waals surface area (Å²) in [7, 11) is 0. The first-order valence-corrected chi connectivity index (χ1v) is 7.08. The lowest BCUT2D eigenvalue weighted by Crippen LogP contribution is -2.61. The van der Waals surface area contributed by atoms with E-state index in [1.807, 2.05) is 32.0 Å². The fourth-order valence-electron chi connectivity index (χ4n) is 2.53. The third-order valence-corrected chi connectivity index (χ3v) is 3.61. The number of para-hydroxylation sites is 1. The fraction of sp³-hybridized carbons (Fsp3) is 0.562. The molecule has 1 aromatic carbocycles. The van der Waals surface area contributed by atoms with Gasteiger partial charge in [0.05, 0.1) is 25.3 Å². The number of likely N-dealkylation sites (tertiary alicyclic amines) is 1. The lowest BCUT2D eigenvalue weighted by Gasteiger charge is -2.44. The second kappa shape index (κ2) is 5.83. The first-order chi connectivity index (χ1) is 9.39. The molecule has 0 spiro atoms. The van der Waals surface area contributed by atoms with Crippen LogP contribution in [-0.4, -0.2) is 41.2 Å². The summed E-state index contributed by atoms with van der Waals surface area (Å²) in [5.74, 6) is 1.02. The zero-order valence-electron chi connectivity index (χ0n) is 12.5. The maximum absolute atomic E-state index is 11.8. The largest absolute Gasteiger partial charge is 0.493 e. The summed E-state index contributed by atoms with van der Waals surface area (Å²) in [6, 6.07) is 6.06. The van der Waals surface area contributed by atoms with Crippen molar-refractivity contribution in [2.24, 2.45) is 0 Å². The van der Waals surface area contributed by atoms with Crippen molar-refractivity contribution in [2.75, 3.05) is 19.7 Å². The van der Waals surface area contributed by atoms with Gasteiger partial charge in [0.2, 0.25) is 5.91 Å². The topological polar surface area (TPSA) is 49.8 Å². The Morgan fingerprint density at radius 1 is 1.35 bits per heavy atom. The van der Waals surface area contributed by atoms with E-state index in [9.17, 15) is 9.90 Å². The van der Waals surface area contributed by atoms with Gasteiger partial charge in [0.1, 0.15) is 5.75 Å². The van der Waals surface area contributed by atoms with Crippen molar-refractivity contribution >= 4 is 5.91 Å². The van der Waals surface area contributed by atoms with E-state index in [4.69, 9.17) is 4.74 Å². The Labute approximate surface area is 120 Å². The van der Waals surface area contributed by atoms with Gasteiger partial charge in [-0.25, -0.2) is 0 Å². The number of aryl methyl sites for hydroxylation is 2. The third kappa shape index (κ3) is 3.51. The number of ether oxygens (including phenoxy) is 1. The van der Waals surface area contributed by atoms with Gasteiger partial charge in [0.15, 0.2) is 0 Å². The van der Waals surface area contributed by atoms with Crippen LogP contribution < -0.4 is 4.74 Å². The molecule has 1 heterocycles. The molecule has 0 aromatic heterocycles. The number of hydrogen-bond acceptors (Lipinski definition) is 3. The summed E-state index contributed by atoms with van der Waals surface area (Å²) in [6.45, 7) is 7.24. The fourth-order valence-corrected chi connectivity index (χ4v) is 2.53. The lowest BCUT2D eigenvalue weighted by atomic mass is 9.96. The minimum atomic E-state index is -0.690. The van der Waals surface area contributed by atoms with Crippen LogP contribution in [0, 0.1) is 13.8 Å². The summed E-state index contributed by atoms with van der Waals surface area (Å²) in [5.41, 5.74) is 1.55. The van der Waals surface area contributed by atoms with E-state index < -0.39 is 5.60 Å². The van der Waals surface area contributed by atoms with Crippen LogP contribution in [0.3, 0.4) is 0 Å². The molecule has 0 saturated carbocycles. The van der Waals surface area contributed by atoms with Gasteiger partial charge in [-0.05, 0) is 38.3 Å². The third-order valence-electron chi connectivity index (χ3n) is 3.61. The number of carbonyl (C=O) groups excluding carboxylic acids is 1. The SMILES string of the molecule is Cc1cccc(C)c1OCCCC(=O)N1CC(C)(O)C1. The van der Waals surface area contributed by atoms with Crippen molar-refractivity contribution in [1.82, 2.24) is 4.90 Å². The Hall–Kier alpha value is -1.55. The van der Waals surface area contributed by atoms with Gasteiger partial charge >= 0.3 is 0 Å². The number of rotatable bonds is 5. The number of amides is 1. The number of β-amino-alcohol motifs (C(OH)–C–C–N with tert-alkyl or cyclic N) is 1. The zero-order chi connectivity index (χ0) is 14.8. The maximum atomic E-state index is 11.8. The molecule has 0 unspecified atom stereocenters. The summed E-state index contributed by atoms with van der Waals surface area (Å²) in [4.78, 5) is 13.5. The van der Waals surface area contributed by atoms with Gasteiger partial charge in [-0.15, -0.1) is 0 Å². The van der Waals surface area contributed by atoms with Crippen molar-refractivity contribution in [3.05, 3.63) is 29.3 Å². The Balaban J connectivity index is 1.71. The molecule has 1 saturated heterocycles. The van der Waals surface area contributed by atoms with Crippen molar-refractivity contribution in [3.8, 4) is 5.75 Å². The molecule has 1 amide bonds. The molecule has 1 aromatic rings. The monoisotopic (exact) mass is 277 g/mol. The molecule has 0 radical (unpaired) electrons. The molecular formula is C16H23NO3. The van der Waals surface area contributed by atoms with E-state index in [-0.39, 0.29) is 5.91 Å². The van der Waals surface area contributed by atoms with Crippen LogP contribution in [-0.2, 0) is 4.79 Å². The maximum Gasteiger partial charge on any atom is 0.222 e. The molecule has 4 nitrogen and oxygen atoms in total. The standard InChI is InChI=1S/C16H23NO3/c1-12-6-4-7-13(2)15(12)20-9-5-8-14(18)17-10-16(3,19)11-17/h4,6-7,19H,5,8-11H2,1-3H3. The number of carbonyl (C=O) groups is 1. The molecule has 0 aliphatic carbocycles. The van der Waals surface area contributed by atoms with Crippen molar-refractivity contribution in [1.29, 1.82) is 0 Å². The Bertz CT molecular complexity index is 468. The Morgan fingerprint density at radius 3 is 2.50 bits per heavy atom. The average Bonchev–Trinajstić information content (AvgIpc) is 2.34. The van der Waals surface area contributed by atoms with Gasteiger partial charge in [-0.2, -0.15) is 0 Å². The van der Waals surface area contributed by atoms with Crippen LogP contribution in [0.4, 0.5) is 0 Å². The number of nitrogens with zero attached hydrogens (tertiary/aromatic N) is 1. The average molecular weight is 277 g/mol. The molecule has 1 aliphatic heterocycles. The predicted molar refractivity (Wildman–Crippen MR) is 77.8 cm³/mol. The van der Waals surface area contributed by atoms with E-state index in [0.29, 0.717) is 32.5 Å². The highest BCUT2D eigenvalue weighted by molar-refractivity contribution is 5.77. The molecule has 1 N–H and O–H groups in total. The molecule has 20 heavy (non-hydrogen) atoms. The lowest BCUT2D eigenvalue weighted by molar-refractivity contribution is -0.152. The highest BCUT2D eigenvalue weighted by atomic mass is 16.5. The van der Waals surface area contributed by atoms with Crippen LogP contribution in [0.2, 0.25) is 0 Å². The summed E-state index contributed by atoms with van der Waals surface area (Å²) in [6.07, 6.45) is 1.17. The highest BCUT2D eigenvalue weighted by Gasteiger charge is 2.38. The second-order valence-electron chi connectivity index (χ2n) is 5.92. The molecule has 0 bridgehead atoms. The van der Waals surface area contributed by atoms with Gasteiger partial charge in [-0.3, -0.25) is 4.79 Å². The van der Waals surface area contributed by atoms with Crippen molar-refractivity contribution < 1.29 is 14.6 Å². The van der Waals surface area contributed by atoms with Gasteiger partial charge < -0.3 is 14.7 Å². The first kappa shape index (κ1) is 14.9. The minimum absolute atomic E-state index is 0.0987. The second-order valence-corrected chi connectivity index (χ2v) is 5.92.